The highest BCUT2D eigenvalue weighted by Gasteiger charge is 2.64. The Morgan fingerprint density at radius 2 is 1.32 bits per heavy atom. The van der Waals surface area contributed by atoms with Crippen LogP contribution in [-0.2, 0) is 9.26 Å². The second-order valence-corrected chi connectivity index (χ2v) is 16.2. The molecule has 8 aliphatic rings. The molecule has 15 unspecified atom stereocenters. The molecule has 15 atom stereocenters. The fourth-order valence-electron chi connectivity index (χ4n) is 11.9. The molecule has 0 aromatic rings. The SMILES string of the molecule is CC1C2CCC3CCC4CCC5CCC6OC7CCCC[NH+]7P(OC7CCCCC72)C6C5C4C31. The highest BCUT2D eigenvalue weighted by molar-refractivity contribution is 7.46. The summed E-state index contributed by atoms with van der Waals surface area (Å²) in [5.41, 5.74) is 0.748. The van der Waals surface area contributed by atoms with E-state index in [4.69, 9.17) is 9.26 Å². The monoisotopic (exact) mass is 486 g/mol. The molecule has 3 nitrogen and oxygen atoms in total. The second kappa shape index (κ2) is 8.68. The number of piperidine rings is 1. The lowest BCUT2D eigenvalue weighted by molar-refractivity contribution is -0.849. The lowest BCUT2D eigenvalue weighted by Crippen LogP contribution is -3.14. The van der Waals surface area contributed by atoms with E-state index in [1.54, 1.807) is 30.4 Å². The minimum atomic E-state index is -0.429. The summed E-state index contributed by atoms with van der Waals surface area (Å²) >= 11 is 0. The highest BCUT2D eigenvalue weighted by atomic mass is 31.2. The van der Waals surface area contributed by atoms with E-state index >= 15 is 0 Å². The molecule has 4 heteroatoms. The molecular weight excluding hydrogens is 437 g/mol. The zero-order valence-electron chi connectivity index (χ0n) is 21.6. The molecule has 0 radical (unpaired) electrons. The largest absolute Gasteiger partial charge is 0.325 e. The Labute approximate surface area is 209 Å². The maximum absolute atomic E-state index is 7.67. The lowest BCUT2D eigenvalue weighted by Gasteiger charge is -2.63. The van der Waals surface area contributed by atoms with Gasteiger partial charge in [0.2, 0.25) is 0 Å². The van der Waals surface area contributed by atoms with Gasteiger partial charge < -0.3 is 9.26 Å². The third-order valence-electron chi connectivity index (χ3n) is 13.1. The van der Waals surface area contributed by atoms with Crippen molar-refractivity contribution in [3.05, 3.63) is 0 Å². The lowest BCUT2D eigenvalue weighted by atomic mass is 9.46. The van der Waals surface area contributed by atoms with Crippen LogP contribution >= 0.6 is 8.30 Å². The van der Waals surface area contributed by atoms with Gasteiger partial charge in [0.25, 0.3) is 8.30 Å². The summed E-state index contributed by atoms with van der Waals surface area (Å²) in [5.74, 6) is 8.73. The molecule has 3 aliphatic heterocycles. The molecule has 0 aromatic carbocycles. The van der Waals surface area contributed by atoms with Gasteiger partial charge in [-0.1, -0.05) is 19.8 Å². The minimum absolute atomic E-state index is 0.429. The van der Waals surface area contributed by atoms with Gasteiger partial charge in [0.15, 0.2) is 6.23 Å². The molecule has 8 fully saturated rings. The summed E-state index contributed by atoms with van der Waals surface area (Å²) in [6.45, 7) is 4.07. The topological polar surface area (TPSA) is 22.9 Å². The van der Waals surface area contributed by atoms with Crippen LogP contribution in [0.25, 0.3) is 0 Å². The van der Waals surface area contributed by atoms with Crippen molar-refractivity contribution in [2.24, 2.45) is 53.3 Å². The van der Waals surface area contributed by atoms with Crippen LogP contribution in [0, 0.1) is 53.3 Å². The van der Waals surface area contributed by atoms with Crippen LogP contribution in [0.15, 0.2) is 0 Å². The third kappa shape index (κ3) is 3.28. The van der Waals surface area contributed by atoms with E-state index in [2.05, 4.69) is 6.92 Å². The molecule has 2 bridgehead atoms. The van der Waals surface area contributed by atoms with Gasteiger partial charge in [-0.15, -0.1) is 0 Å². The van der Waals surface area contributed by atoms with Crippen molar-refractivity contribution in [2.45, 2.75) is 127 Å². The predicted octanol–water partition coefficient (Wildman–Crippen LogP) is 6.17. The van der Waals surface area contributed by atoms with Crippen LogP contribution in [0.2, 0.25) is 0 Å². The highest BCUT2D eigenvalue weighted by Crippen LogP contribution is 2.66. The summed E-state index contributed by atoms with van der Waals surface area (Å²) in [6, 6.07) is 0. The Bertz CT molecular complexity index is 775. The first kappa shape index (κ1) is 22.3. The zero-order valence-corrected chi connectivity index (χ0v) is 22.5. The predicted molar refractivity (Wildman–Crippen MR) is 136 cm³/mol. The second-order valence-electron chi connectivity index (χ2n) is 14.2. The maximum Gasteiger partial charge on any atom is 0.259 e. The standard InChI is InChI=1S/C30H48NO2P/c1-18-22-15-13-19-9-10-20-11-12-21-14-16-25-30(29(21)28(20)27(18)19)34(31-17-5-4-8-26(31)32-25)33-24-7-3-2-6-23(22)24/h18-30H,2-17H2,1H3/p+1. The van der Waals surface area contributed by atoms with Gasteiger partial charge in [-0.3, -0.25) is 4.67 Å². The quantitative estimate of drug-likeness (QED) is 0.414. The van der Waals surface area contributed by atoms with Crippen molar-refractivity contribution in [2.75, 3.05) is 6.54 Å². The van der Waals surface area contributed by atoms with Crippen molar-refractivity contribution in [3.8, 4) is 0 Å². The van der Waals surface area contributed by atoms with Crippen LogP contribution in [0.1, 0.15) is 103 Å². The van der Waals surface area contributed by atoms with Gasteiger partial charge in [0.05, 0.1) is 24.4 Å². The molecule has 8 rings (SSSR count). The maximum atomic E-state index is 7.67. The Morgan fingerprint density at radius 1 is 0.618 bits per heavy atom. The first-order valence-electron chi connectivity index (χ1n) is 15.7. The van der Waals surface area contributed by atoms with Gasteiger partial charge in [0.1, 0.15) is 0 Å². The number of quaternary nitrogens is 1. The Hall–Kier alpha value is 0.310. The molecule has 5 saturated carbocycles. The number of fused-ring (bicyclic) bond motifs is 5. The van der Waals surface area contributed by atoms with E-state index in [0.29, 0.717) is 18.4 Å². The van der Waals surface area contributed by atoms with Gasteiger partial charge in [0, 0.05) is 6.42 Å². The van der Waals surface area contributed by atoms with Gasteiger partial charge in [-0.25, -0.2) is 0 Å². The van der Waals surface area contributed by atoms with E-state index in [-0.39, 0.29) is 0 Å². The average molecular weight is 487 g/mol. The van der Waals surface area contributed by atoms with E-state index in [1.165, 1.54) is 77.2 Å². The van der Waals surface area contributed by atoms with Gasteiger partial charge in [-0.2, -0.15) is 0 Å². The van der Waals surface area contributed by atoms with Crippen LogP contribution in [-0.4, -0.2) is 30.6 Å². The van der Waals surface area contributed by atoms with Crippen LogP contribution in [0.3, 0.4) is 0 Å². The smallest absolute Gasteiger partial charge is 0.259 e. The third-order valence-corrected chi connectivity index (χ3v) is 15.8. The van der Waals surface area contributed by atoms with Crippen molar-refractivity contribution in [1.82, 2.24) is 0 Å². The first-order chi connectivity index (χ1) is 16.8. The first-order valence-corrected chi connectivity index (χ1v) is 17.1. The molecule has 0 spiro atoms. The summed E-state index contributed by atoms with van der Waals surface area (Å²) in [7, 11) is -0.429. The zero-order chi connectivity index (χ0) is 22.4. The van der Waals surface area contributed by atoms with E-state index in [9.17, 15) is 0 Å². The molecule has 3 heterocycles. The van der Waals surface area contributed by atoms with E-state index in [0.717, 1.165) is 58.9 Å². The Morgan fingerprint density at radius 3 is 2.21 bits per heavy atom. The Kier molecular flexibility index (Phi) is 5.69. The van der Waals surface area contributed by atoms with E-state index in [1.807, 2.05) is 0 Å². The van der Waals surface area contributed by atoms with Crippen molar-refractivity contribution in [3.63, 3.8) is 0 Å². The molecule has 5 aliphatic carbocycles. The molecule has 0 amide bonds. The van der Waals surface area contributed by atoms with Gasteiger partial charge >= 0.3 is 0 Å². The molecule has 190 valence electrons. The number of nitrogens with one attached hydrogen (secondary N) is 1. The summed E-state index contributed by atoms with van der Waals surface area (Å²) in [6.07, 6.45) is 23.4. The number of hydrogen-bond acceptors (Lipinski definition) is 2. The Balaban J connectivity index is 1.27. The van der Waals surface area contributed by atoms with Crippen LogP contribution < -0.4 is 4.67 Å². The van der Waals surface area contributed by atoms with Crippen LogP contribution in [0.4, 0.5) is 0 Å². The van der Waals surface area contributed by atoms with Crippen molar-refractivity contribution < 1.29 is 13.9 Å². The minimum Gasteiger partial charge on any atom is -0.325 e. The summed E-state index contributed by atoms with van der Waals surface area (Å²) in [5, 5.41) is 0. The molecule has 34 heavy (non-hydrogen) atoms. The normalized spacial score (nSPS) is 60.4. The van der Waals surface area contributed by atoms with Crippen LogP contribution in [0.5, 0.6) is 0 Å². The summed E-state index contributed by atoms with van der Waals surface area (Å²) in [4.78, 5) is 0. The van der Waals surface area contributed by atoms with Gasteiger partial charge in [-0.05, 0) is 130 Å². The molecule has 0 aromatic heterocycles. The number of hydrogen-bond donors (Lipinski definition) is 1. The van der Waals surface area contributed by atoms with Crippen molar-refractivity contribution in [1.29, 1.82) is 0 Å². The molecule has 1 N–H and O–H groups in total. The molecular formula is C30H49NO2P+. The van der Waals surface area contributed by atoms with E-state index < -0.39 is 8.30 Å². The fraction of sp³-hybridized carbons (Fsp3) is 1.00. The molecule has 3 saturated heterocycles. The average Bonchev–Trinajstić information content (AvgIpc) is 2.88. The van der Waals surface area contributed by atoms with Crippen molar-refractivity contribution >= 4 is 8.30 Å². The number of rotatable bonds is 0. The number of ether oxygens (including phenoxy) is 1. The fourth-order valence-corrected chi connectivity index (χ4v) is 15.2. The summed E-state index contributed by atoms with van der Waals surface area (Å²) < 4.78 is 16.6.